The summed E-state index contributed by atoms with van der Waals surface area (Å²) in [5.41, 5.74) is 0. The third-order valence-corrected chi connectivity index (χ3v) is 17.5. The van der Waals surface area contributed by atoms with E-state index in [4.69, 9.17) is 18.9 Å². The molecule has 0 fully saturated rings. The molecule has 2 unspecified atom stereocenters. The number of esters is 2. The minimum Gasteiger partial charge on any atom is -0.477 e. The molecule has 0 rings (SSSR count). The number of hydrogen-bond acceptors (Lipinski definition) is 7. The maximum absolute atomic E-state index is 12.9. The van der Waals surface area contributed by atoms with E-state index in [1.165, 1.54) is 334 Å². The van der Waals surface area contributed by atoms with Crippen molar-refractivity contribution in [1.82, 2.24) is 0 Å². The van der Waals surface area contributed by atoms with Crippen LogP contribution >= 0.6 is 0 Å². The summed E-state index contributed by atoms with van der Waals surface area (Å²) in [4.78, 5) is 37.6. The smallest absolute Gasteiger partial charge is 0.361 e. The number of carbonyl (C=O) groups is 3. The third-order valence-electron chi connectivity index (χ3n) is 17.5. The molecular weight excluding hydrogens is 1050 g/mol. The molecule has 0 heterocycles. The van der Waals surface area contributed by atoms with Gasteiger partial charge in [-0.25, -0.2) is 4.79 Å². The van der Waals surface area contributed by atoms with E-state index in [-0.39, 0.29) is 38.2 Å². The zero-order valence-electron chi connectivity index (χ0n) is 57.8. The monoisotopic (exact) mass is 1200 g/mol. The Balaban J connectivity index is 3.92. The number of unbranched alkanes of at least 4 members (excludes halogenated alkanes) is 55. The van der Waals surface area contributed by atoms with Gasteiger partial charge >= 0.3 is 17.9 Å². The molecule has 0 aliphatic carbocycles. The second-order valence-corrected chi connectivity index (χ2v) is 27.3. The number of likely N-dealkylation sites (N-methyl/N-ethyl adjacent to an activating group) is 1. The van der Waals surface area contributed by atoms with Crippen LogP contribution in [-0.4, -0.2) is 87.4 Å². The highest BCUT2D eigenvalue weighted by molar-refractivity contribution is 5.71. The van der Waals surface area contributed by atoms with Gasteiger partial charge in [-0.15, -0.1) is 0 Å². The molecular formula is C76H148NO8+. The Labute approximate surface area is 529 Å². The second kappa shape index (κ2) is 68.0. The number of nitrogens with zero attached hydrogens (tertiary/aromatic N) is 1. The van der Waals surface area contributed by atoms with E-state index in [9.17, 15) is 19.5 Å². The van der Waals surface area contributed by atoms with Crippen LogP contribution in [0.15, 0.2) is 12.2 Å². The van der Waals surface area contributed by atoms with Gasteiger partial charge in [0, 0.05) is 12.8 Å². The van der Waals surface area contributed by atoms with Crippen molar-refractivity contribution in [2.45, 2.75) is 411 Å². The zero-order valence-corrected chi connectivity index (χ0v) is 57.8. The van der Waals surface area contributed by atoms with Crippen LogP contribution in [0.1, 0.15) is 399 Å². The molecule has 0 aliphatic rings. The molecule has 0 saturated carbocycles. The number of carbonyl (C=O) groups excluding carboxylic acids is 2. The molecule has 0 aromatic heterocycles. The molecule has 0 aromatic rings. The van der Waals surface area contributed by atoms with Crippen molar-refractivity contribution in [2.24, 2.45) is 0 Å². The fraction of sp³-hybridized carbons (Fsp3) is 0.934. The average Bonchev–Trinajstić information content (AvgIpc) is 3.48. The molecule has 1 N–H and O–H groups in total. The molecule has 0 radical (unpaired) electrons. The van der Waals surface area contributed by atoms with Crippen molar-refractivity contribution in [1.29, 1.82) is 0 Å². The Hall–Kier alpha value is -1.97. The largest absolute Gasteiger partial charge is 0.477 e. The Bertz CT molecular complexity index is 1400. The van der Waals surface area contributed by atoms with E-state index < -0.39 is 18.4 Å². The fourth-order valence-corrected chi connectivity index (χ4v) is 11.7. The summed E-state index contributed by atoms with van der Waals surface area (Å²) < 4.78 is 23.0. The molecule has 0 amide bonds. The van der Waals surface area contributed by atoms with Gasteiger partial charge in [0.1, 0.15) is 13.2 Å². The highest BCUT2D eigenvalue weighted by Gasteiger charge is 2.25. The Morgan fingerprint density at radius 1 is 0.341 bits per heavy atom. The summed E-state index contributed by atoms with van der Waals surface area (Å²) in [5, 5.41) is 9.74. The molecule has 0 bridgehead atoms. The molecule has 0 spiro atoms. The standard InChI is InChI=1S/C76H147NO8/c1-6-8-10-12-14-16-18-20-22-24-26-28-29-30-31-32-33-34-35-36-37-38-39-40-41-42-43-44-45-47-48-50-52-54-56-58-60-62-64-66-73(78)83-70-72(71-84-76(75(80)81)82-69-68-77(3,4)5)85-74(79)67-65-63-61-59-57-55-53-51-49-46-27-25-23-21-19-17-15-13-11-9-7-2/h25,27,72,76H,6-24,26,28-71H2,1-5H3/p+1/b27-25-. The van der Waals surface area contributed by atoms with Crippen LogP contribution in [0.2, 0.25) is 0 Å². The van der Waals surface area contributed by atoms with Gasteiger partial charge in [0.05, 0.1) is 34.4 Å². The SMILES string of the molecule is CCCCCCCCCC/C=C\CCCCCCCCCCCC(=O)OC(COC(=O)CCCCCCCCCCCCCCCCCCCCCCCCCCCCCCCCCCCCCCCCC)COC(OCC[N+](C)(C)C)C(=O)O. The summed E-state index contributed by atoms with van der Waals surface area (Å²) in [6.07, 6.45) is 80.8. The lowest BCUT2D eigenvalue weighted by molar-refractivity contribution is -0.870. The van der Waals surface area contributed by atoms with Crippen molar-refractivity contribution in [3.8, 4) is 0 Å². The van der Waals surface area contributed by atoms with Gasteiger partial charge in [-0.05, 0) is 38.5 Å². The molecule has 2 atom stereocenters. The number of ether oxygens (including phenoxy) is 4. The number of aliphatic carboxylic acids is 1. The normalized spacial score (nSPS) is 12.6. The minimum absolute atomic E-state index is 0.175. The van der Waals surface area contributed by atoms with Crippen molar-refractivity contribution in [3.63, 3.8) is 0 Å². The predicted octanol–water partition coefficient (Wildman–Crippen LogP) is 23.6. The second-order valence-electron chi connectivity index (χ2n) is 27.3. The first-order valence-corrected chi connectivity index (χ1v) is 37.9. The molecule has 0 aliphatic heterocycles. The predicted molar refractivity (Wildman–Crippen MR) is 365 cm³/mol. The van der Waals surface area contributed by atoms with Crippen LogP contribution < -0.4 is 0 Å². The first-order chi connectivity index (χ1) is 41.6. The average molecular weight is 1200 g/mol. The quantitative estimate of drug-likeness (QED) is 0.0211. The highest BCUT2D eigenvalue weighted by Crippen LogP contribution is 2.20. The first-order valence-electron chi connectivity index (χ1n) is 37.9. The summed E-state index contributed by atoms with van der Waals surface area (Å²) in [6.45, 7) is 4.96. The number of hydrogen-bond donors (Lipinski definition) is 1. The highest BCUT2D eigenvalue weighted by atomic mass is 16.7. The lowest BCUT2D eigenvalue weighted by Crippen LogP contribution is -2.40. The van der Waals surface area contributed by atoms with Crippen molar-refractivity contribution >= 4 is 17.9 Å². The number of carboxylic acid groups (broad SMARTS) is 1. The maximum atomic E-state index is 12.9. The van der Waals surface area contributed by atoms with E-state index in [0.717, 1.165) is 38.5 Å². The third kappa shape index (κ3) is 69.4. The zero-order chi connectivity index (χ0) is 61.9. The minimum atomic E-state index is -1.51. The maximum Gasteiger partial charge on any atom is 0.361 e. The van der Waals surface area contributed by atoms with Gasteiger partial charge in [-0.3, -0.25) is 9.59 Å². The van der Waals surface area contributed by atoms with E-state index in [0.29, 0.717) is 17.4 Å². The van der Waals surface area contributed by atoms with E-state index >= 15 is 0 Å². The Morgan fingerprint density at radius 3 is 0.871 bits per heavy atom. The number of carboxylic acids is 1. The van der Waals surface area contributed by atoms with E-state index in [1.807, 2.05) is 21.1 Å². The van der Waals surface area contributed by atoms with Crippen molar-refractivity contribution < 1.29 is 42.9 Å². The van der Waals surface area contributed by atoms with Crippen LogP contribution in [0.3, 0.4) is 0 Å². The van der Waals surface area contributed by atoms with Gasteiger partial charge in [0.25, 0.3) is 6.29 Å². The Morgan fingerprint density at radius 2 is 0.600 bits per heavy atom. The van der Waals surface area contributed by atoms with E-state index in [1.54, 1.807) is 0 Å². The van der Waals surface area contributed by atoms with Gasteiger partial charge in [0.2, 0.25) is 0 Å². The molecule has 9 heteroatoms. The summed E-state index contributed by atoms with van der Waals surface area (Å²) in [6, 6.07) is 0. The van der Waals surface area contributed by atoms with Crippen LogP contribution in [-0.2, 0) is 33.3 Å². The summed E-state index contributed by atoms with van der Waals surface area (Å²) in [7, 11) is 5.99. The van der Waals surface area contributed by atoms with Crippen LogP contribution in [0.25, 0.3) is 0 Å². The lowest BCUT2D eigenvalue weighted by atomic mass is 10.0. The summed E-state index contributed by atoms with van der Waals surface area (Å²) >= 11 is 0. The topological polar surface area (TPSA) is 108 Å². The molecule has 9 nitrogen and oxygen atoms in total. The summed E-state index contributed by atoms with van der Waals surface area (Å²) in [5.74, 6) is -1.98. The fourth-order valence-electron chi connectivity index (χ4n) is 11.7. The molecule has 0 saturated heterocycles. The van der Waals surface area contributed by atoms with Crippen molar-refractivity contribution in [2.75, 3.05) is 47.5 Å². The Kier molecular flexibility index (Phi) is 66.4. The van der Waals surface area contributed by atoms with Gasteiger partial charge in [0.15, 0.2) is 6.10 Å². The van der Waals surface area contributed by atoms with Crippen LogP contribution in [0.4, 0.5) is 0 Å². The van der Waals surface area contributed by atoms with Crippen LogP contribution in [0.5, 0.6) is 0 Å². The number of quaternary nitrogens is 1. The van der Waals surface area contributed by atoms with Crippen molar-refractivity contribution in [3.05, 3.63) is 12.2 Å². The molecule has 0 aromatic carbocycles. The van der Waals surface area contributed by atoms with Gasteiger partial charge in [-0.2, -0.15) is 0 Å². The van der Waals surface area contributed by atoms with E-state index in [2.05, 4.69) is 26.0 Å². The lowest BCUT2D eigenvalue weighted by Gasteiger charge is -2.25. The van der Waals surface area contributed by atoms with Gasteiger partial charge in [-0.1, -0.05) is 360 Å². The molecule has 85 heavy (non-hydrogen) atoms. The van der Waals surface area contributed by atoms with Crippen LogP contribution in [0, 0.1) is 0 Å². The number of allylic oxidation sites excluding steroid dienone is 2. The molecule has 504 valence electrons. The van der Waals surface area contributed by atoms with Gasteiger partial charge < -0.3 is 28.5 Å². The number of rotatable bonds is 72. The first kappa shape index (κ1) is 83.0.